The van der Waals surface area contributed by atoms with E-state index in [-0.39, 0.29) is 5.54 Å². The summed E-state index contributed by atoms with van der Waals surface area (Å²) in [6.07, 6.45) is 0. The monoisotopic (exact) mass is 260 g/mol. The minimum Gasteiger partial charge on any atom is -0.473 e. The molecule has 2 fully saturated rings. The quantitative estimate of drug-likeness (QED) is 0.454. The fraction of sp³-hybridized carbons (Fsp3) is 0.818. The van der Waals surface area contributed by atoms with E-state index >= 15 is 0 Å². The normalized spacial score (nSPS) is 24.9. The van der Waals surface area contributed by atoms with Crippen molar-refractivity contribution >= 4 is 11.9 Å². The molecule has 4 N–H and O–H groups in total. The molecule has 1 spiro atoms. The molecule has 2 aliphatic heterocycles. The van der Waals surface area contributed by atoms with Gasteiger partial charge in [0.1, 0.15) is 0 Å². The fourth-order valence-corrected chi connectivity index (χ4v) is 1.90. The number of hydrogen-bond acceptors (Lipinski definition) is 5. The minimum atomic E-state index is -1.82. The molecule has 0 radical (unpaired) electrons. The summed E-state index contributed by atoms with van der Waals surface area (Å²) < 4.78 is 5.24. The van der Waals surface area contributed by atoms with E-state index in [1.165, 1.54) is 0 Å². The lowest BCUT2D eigenvalue weighted by molar-refractivity contribution is -0.159. The van der Waals surface area contributed by atoms with Crippen molar-refractivity contribution in [1.29, 1.82) is 0 Å². The maximum absolute atomic E-state index is 9.10. The molecule has 0 amide bonds. The van der Waals surface area contributed by atoms with Gasteiger partial charge in [-0.2, -0.15) is 0 Å². The summed E-state index contributed by atoms with van der Waals surface area (Å²) in [6, 6.07) is 0.614. The first-order valence-corrected chi connectivity index (χ1v) is 5.89. The van der Waals surface area contributed by atoms with Crippen molar-refractivity contribution < 1.29 is 24.5 Å². The molecule has 1 atom stereocenters. The third kappa shape index (κ3) is 3.94. The van der Waals surface area contributed by atoms with Crippen molar-refractivity contribution in [2.24, 2.45) is 5.92 Å². The maximum atomic E-state index is 9.10. The van der Waals surface area contributed by atoms with Crippen LogP contribution in [0.3, 0.4) is 0 Å². The number of carboxylic acids is 2. The molecule has 2 heterocycles. The highest BCUT2D eigenvalue weighted by molar-refractivity contribution is 6.27. The average molecular weight is 260 g/mol. The Morgan fingerprint density at radius 3 is 2.17 bits per heavy atom. The number of piperazine rings is 1. The molecule has 0 bridgehead atoms. The molecule has 2 saturated heterocycles. The summed E-state index contributed by atoms with van der Waals surface area (Å²) in [4.78, 5) is 18.2. The highest BCUT2D eigenvalue weighted by Gasteiger charge is 2.42. The number of hydrogen-bond donors (Lipinski definition) is 4. The van der Waals surface area contributed by atoms with Gasteiger partial charge in [0.15, 0.2) is 0 Å². The Kier molecular flexibility index (Phi) is 5.06. The SMILES string of the molecule is CC(C)[C@H]1CNCC2(COC2)N1.O=C(O)C(=O)O. The summed E-state index contributed by atoms with van der Waals surface area (Å²) in [5, 5.41) is 21.9. The average Bonchev–Trinajstić information content (AvgIpc) is 2.27. The van der Waals surface area contributed by atoms with Gasteiger partial charge in [-0.1, -0.05) is 13.8 Å². The molecule has 7 nitrogen and oxygen atoms in total. The van der Waals surface area contributed by atoms with Crippen molar-refractivity contribution in [2.75, 3.05) is 26.3 Å². The Morgan fingerprint density at radius 1 is 1.28 bits per heavy atom. The van der Waals surface area contributed by atoms with Gasteiger partial charge in [-0.15, -0.1) is 0 Å². The predicted octanol–water partition coefficient (Wildman–Crippen LogP) is -0.872. The van der Waals surface area contributed by atoms with Gasteiger partial charge in [-0.25, -0.2) is 9.59 Å². The molecular formula is C11H20N2O5. The van der Waals surface area contributed by atoms with Gasteiger partial charge < -0.3 is 25.6 Å². The largest absolute Gasteiger partial charge is 0.473 e. The van der Waals surface area contributed by atoms with Crippen molar-refractivity contribution in [3.05, 3.63) is 0 Å². The van der Waals surface area contributed by atoms with Crippen molar-refractivity contribution in [3.63, 3.8) is 0 Å². The van der Waals surface area contributed by atoms with Crippen LogP contribution in [-0.2, 0) is 14.3 Å². The molecular weight excluding hydrogens is 240 g/mol. The molecule has 18 heavy (non-hydrogen) atoms. The van der Waals surface area contributed by atoms with E-state index in [2.05, 4.69) is 24.5 Å². The van der Waals surface area contributed by atoms with Gasteiger partial charge in [0.05, 0.1) is 18.8 Å². The first-order chi connectivity index (χ1) is 8.36. The van der Waals surface area contributed by atoms with Crippen LogP contribution in [-0.4, -0.2) is 60.0 Å². The summed E-state index contributed by atoms with van der Waals surface area (Å²) in [5.74, 6) is -2.94. The van der Waals surface area contributed by atoms with E-state index in [9.17, 15) is 0 Å². The fourth-order valence-electron chi connectivity index (χ4n) is 1.90. The van der Waals surface area contributed by atoms with Crippen LogP contribution in [0.5, 0.6) is 0 Å². The third-order valence-electron chi connectivity index (χ3n) is 3.06. The van der Waals surface area contributed by atoms with Gasteiger partial charge in [-0.3, -0.25) is 0 Å². The zero-order valence-corrected chi connectivity index (χ0v) is 10.6. The molecule has 7 heteroatoms. The smallest absolute Gasteiger partial charge is 0.414 e. The lowest BCUT2D eigenvalue weighted by atomic mass is 9.90. The van der Waals surface area contributed by atoms with Crippen molar-refractivity contribution in [3.8, 4) is 0 Å². The maximum Gasteiger partial charge on any atom is 0.414 e. The van der Waals surface area contributed by atoms with Crippen LogP contribution in [0.1, 0.15) is 13.8 Å². The van der Waals surface area contributed by atoms with E-state index in [0.717, 1.165) is 26.3 Å². The highest BCUT2D eigenvalue weighted by atomic mass is 16.5. The highest BCUT2D eigenvalue weighted by Crippen LogP contribution is 2.21. The lowest BCUT2D eigenvalue weighted by Crippen LogP contribution is -2.73. The lowest BCUT2D eigenvalue weighted by Gasteiger charge is -2.49. The van der Waals surface area contributed by atoms with Gasteiger partial charge in [0.25, 0.3) is 0 Å². The Hall–Kier alpha value is -1.18. The van der Waals surface area contributed by atoms with Crippen LogP contribution in [0, 0.1) is 5.92 Å². The summed E-state index contributed by atoms with van der Waals surface area (Å²) in [7, 11) is 0. The predicted molar refractivity (Wildman–Crippen MR) is 63.5 cm³/mol. The van der Waals surface area contributed by atoms with Gasteiger partial charge in [-0.05, 0) is 5.92 Å². The second-order valence-electron chi connectivity index (χ2n) is 5.01. The van der Waals surface area contributed by atoms with Crippen LogP contribution < -0.4 is 10.6 Å². The van der Waals surface area contributed by atoms with E-state index in [0.29, 0.717) is 12.0 Å². The Balaban J connectivity index is 0.000000232. The Labute approximate surface area is 106 Å². The molecule has 0 unspecified atom stereocenters. The molecule has 104 valence electrons. The third-order valence-corrected chi connectivity index (χ3v) is 3.06. The topological polar surface area (TPSA) is 108 Å². The molecule has 2 aliphatic rings. The van der Waals surface area contributed by atoms with E-state index in [4.69, 9.17) is 24.5 Å². The van der Waals surface area contributed by atoms with E-state index < -0.39 is 11.9 Å². The zero-order valence-electron chi connectivity index (χ0n) is 10.6. The number of aliphatic carboxylic acids is 2. The first kappa shape index (κ1) is 14.9. The summed E-state index contributed by atoms with van der Waals surface area (Å²) in [5.41, 5.74) is 0.271. The second-order valence-corrected chi connectivity index (χ2v) is 5.01. The number of ether oxygens (including phenoxy) is 1. The molecule has 0 saturated carbocycles. The standard InChI is InChI=1S/C9H18N2O.C2H2O4/c1-7(2)8-3-10-4-9(11-8)5-12-6-9;3-1(4)2(5)6/h7-8,10-11H,3-6H2,1-2H3;(H,3,4)(H,5,6)/t8-;/m1./s1. The molecule has 0 aromatic heterocycles. The van der Waals surface area contributed by atoms with Crippen LogP contribution >= 0.6 is 0 Å². The number of carboxylic acid groups (broad SMARTS) is 2. The molecule has 0 aromatic carbocycles. The van der Waals surface area contributed by atoms with Gasteiger partial charge in [0, 0.05) is 19.1 Å². The first-order valence-electron chi connectivity index (χ1n) is 5.89. The number of carbonyl (C=O) groups is 2. The van der Waals surface area contributed by atoms with Crippen molar-refractivity contribution in [2.45, 2.75) is 25.4 Å². The molecule has 0 aliphatic carbocycles. The van der Waals surface area contributed by atoms with Crippen LogP contribution in [0.25, 0.3) is 0 Å². The summed E-state index contributed by atoms with van der Waals surface area (Å²) in [6.45, 7) is 8.44. The van der Waals surface area contributed by atoms with E-state index in [1.54, 1.807) is 0 Å². The van der Waals surface area contributed by atoms with Crippen molar-refractivity contribution in [1.82, 2.24) is 10.6 Å². The molecule has 2 rings (SSSR count). The van der Waals surface area contributed by atoms with Gasteiger partial charge >= 0.3 is 11.9 Å². The van der Waals surface area contributed by atoms with E-state index in [1.807, 2.05) is 0 Å². The number of rotatable bonds is 1. The number of nitrogens with one attached hydrogen (secondary N) is 2. The van der Waals surface area contributed by atoms with Gasteiger partial charge in [0.2, 0.25) is 0 Å². The molecule has 0 aromatic rings. The Bertz CT molecular complexity index is 303. The Morgan fingerprint density at radius 2 is 1.83 bits per heavy atom. The minimum absolute atomic E-state index is 0.271. The second kappa shape index (κ2) is 6.12. The zero-order chi connectivity index (χ0) is 13.8. The van der Waals surface area contributed by atoms with Crippen LogP contribution in [0.4, 0.5) is 0 Å². The van der Waals surface area contributed by atoms with Crippen LogP contribution in [0.15, 0.2) is 0 Å². The summed E-state index contributed by atoms with van der Waals surface area (Å²) >= 11 is 0. The van der Waals surface area contributed by atoms with Crippen LogP contribution in [0.2, 0.25) is 0 Å².